The highest BCUT2D eigenvalue weighted by molar-refractivity contribution is 9.10. The molecule has 0 spiro atoms. The van der Waals surface area contributed by atoms with Gasteiger partial charge in [-0.3, -0.25) is 4.90 Å². The highest BCUT2D eigenvalue weighted by atomic mass is 79.9. The fourth-order valence-corrected chi connectivity index (χ4v) is 4.34. The number of sulfone groups is 1. The molecule has 0 aliphatic carbocycles. The fourth-order valence-electron chi connectivity index (χ4n) is 2.32. The first kappa shape index (κ1) is 14.6. The Labute approximate surface area is 123 Å². The maximum Gasteiger partial charge on any atom is 0.151 e. The van der Waals surface area contributed by atoms with E-state index >= 15 is 0 Å². The zero-order valence-electron chi connectivity index (χ0n) is 10.5. The minimum Gasteiger partial charge on any atom is -0.284 e. The molecule has 2 rings (SSSR count). The Kier molecular flexibility index (Phi) is 4.67. The molecule has 0 amide bonds. The number of benzene rings is 1. The van der Waals surface area contributed by atoms with Crippen molar-refractivity contribution in [2.24, 2.45) is 0 Å². The predicted molar refractivity (Wildman–Crippen MR) is 80.4 cm³/mol. The van der Waals surface area contributed by atoms with E-state index in [0.717, 1.165) is 10.0 Å². The topological polar surface area (TPSA) is 37.4 Å². The van der Waals surface area contributed by atoms with Gasteiger partial charge in [0, 0.05) is 17.1 Å². The van der Waals surface area contributed by atoms with E-state index in [1.807, 2.05) is 24.3 Å². The molecule has 1 heterocycles. The van der Waals surface area contributed by atoms with Gasteiger partial charge in [0.2, 0.25) is 0 Å². The molecular formula is C14H16BrNO2S. The first-order valence-electron chi connectivity index (χ1n) is 6.12. The van der Waals surface area contributed by atoms with E-state index in [9.17, 15) is 8.42 Å². The minimum absolute atomic E-state index is 0.0460. The highest BCUT2D eigenvalue weighted by Crippen LogP contribution is 2.20. The lowest BCUT2D eigenvalue weighted by molar-refractivity contribution is 0.230. The maximum absolute atomic E-state index is 11.6. The van der Waals surface area contributed by atoms with Gasteiger partial charge in [0.15, 0.2) is 9.84 Å². The van der Waals surface area contributed by atoms with Crippen molar-refractivity contribution < 1.29 is 8.42 Å². The van der Waals surface area contributed by atoms with E-state index in [1.54, 1.807) is 0 Å². The monoisotopic (exact) mass is 341 g/mol. The Balaban J connectivity index is 2.09. The summed E-state index contributed by atoms with van der Waals surface area (Å²) in [6.07, 6.45) is 6.07. The van der Waals surface area contributed by atoms with Crippen LogP contribution in [-0.2, 0) is 16.4 Å². The summed E-state index contributed by atoms with van der Waals surface area (Å²) in [5, 5.41) is 0. The van der Waals surface area contributed by atoms with Gasteiger partial charge in [-0.15, -0.1) is 6.42 Å². The summed E-state index contributed by atoms with van der Waals surface area (Å²) < 4.78 is 24.2. The van der Waals surface area contributed by atoms with Gasteiger partial charge in [-0.2, -0.15) is 0 Å². The second-order valence-electron chi connectivity index (χ2n) is 4.79. The van der Waals surface area contributed by atoms with Crippen LogP contribution >= 0.6 is 15.9 Å². The van der Waals surface area contributed by atoms with Crippen LogP contribution in [0, 0.1) is 12.3 Å². The first-order chi connectivity index (χ1) is 9.00. The normalized spacial score (nSPS) is 21.4. The van der Waals surface area contributed by atoms with Gasteiger partial charge in [0.25, 0.3) is 0 Å². The molecule has 0 N–H and O–H groups in total. The molecule has 1 aromatic carbocycles. The molecule has 5 heteroatoms. The SMILES string of the molecule is C#CCN(Cc1ccc(Br)cc1)C1CCS(=O)(=O)C1. The van der Waals surface area contributed by atoms with Gasteiger partial charge in [-0.05, 0) is 24.1 Å². The summed E-state index contributed by atoms with van der Waals surface area (Å²) in [5.74, 6) is 3.13. The van der Waals surface area contributed by atoms with Crippen LogP contribution in [0.15, 0.2) is 28.7 Å². The van der Waals surface area contributed by atoms with Crippen molar-refractivity contribution in [2.75, 3.05) is 18.1 Å². The summed E-state index contributed by atoms with van der Waals surface area (Å²) in [5.41, 5.74) is 1.14. The van der Waals surface area contributed by atoms with Crippen LogP contribution in [0.1, 0.15) is 12.0 Å². The van der Waals surface area contributed by atoms with Crippen molar-refractivity contribution in [1.29, 1.82) is 0 Å². The summed E-state index contributed by atoms with van der Waals surface area (Å²) in [7, 11) is -2.88. The van der Waals surface area contributed by atoms with E-state index < -0.39 is 9.84 Å². The Hall–Kier alpha value is -0.830. The van der Waals surface area contributed by atoms with Crippen LogP contribution in [0.2, 0.25) is 0 Å². The molecule has 1 fully saturated rings. The molecular weight excluding hydrogens is 326 g/mol. The van der Waals surface area contributed by atoms with Gasteiger partial charge < -0.3 is 0 Å². The summed E-state index contributed by atoms with van der Waals surface area (Å²) >= 11 is 3.40. The lowest BCUT2D eigenvalue weighted by atomic mass is 10.1. The van der Waals surface area contributed by atoms with Crippen molar-refractivity contribution in [2.45, 2.75) is 19.0 Å². The zero-order valence-corrected chi connectivity index (χ0v) is 13.0. The third-order valence-electron chi connectivity index (χ3n) is 3.32. The predicted octanol–water partition coefficient (Wildman–Crippen LogP) is 2.07. The lowest BCUT2D eigenvalue weighted by Crippen LogP contribution is -2.36. The molecule has 0 radical (unpaired) electrons. The van der Waals surface area contributed by atoms with Gasteiger partial charge in [0.1, 0.15) is 0 Å². The van der Waals surface area contributed by atoms with Crippen molar-refractivity contribution in [3.63, 3.8) is 0 Å². The van der Waals surface area contributed by atoms with Gasteiger partial charge in [-0.25, -0.2) is 8.42 Å². The number of nitrogens with zero attached hydrogens (tertiary/aromatic N) is 1. The maximum atomic E-state index is 11.6. The smallest absolute Gasteiger partial charge is 0.151 e. The third-order valence-corrected chi connectivity index (χ3v) is 5.60. The Bertz CT molecular complexity index is 574. The fraction of sp³-hybridized carbons (Fsp3) is 0.429. The van der Waals surface area contributed by atoms with Crippen molar-refractivity contribution in [1.82, 2.24) is 4.90 Å². The van der Waals surface area contributed by atoms with E-state index in [-0.39, 0.29) is 17.5 Å². The number of rotatable bonds is 4. The molecule has 1 atom stereocenters. The highest BCUT2D eigenvalue weighted by Gasteiger charge is 2.31. The molecule has 3 nitrogen and oxygen atoms in total. The largest absolute Gasteiger partial charge is 0.284 e. The quantitative estimate of drug-likeness (QED) is 0.787. The van der Waals surface area contributed by atoms with Crippen LogP contribution < -0.4 is 0 Å². The lowest BCUT2D eigenvalue weighted by Gasteiger charge is -2.25. The number of hydrogen-bond donors (Lipinski definition) is 0. The van der Waals surface area contributed by atoms with Crippen molar-refractivity contribution in [3.05, 3.63) is 34.3 Å². The number of hydrogen-bond acceptors (Lipinski definition) is 3. The van der Waals surface area contributed by atoms with Crippen LogP contribution in [0.3, 0.4) is 0 Å². The molecule has 1 unspecified atom stereocenters. The molecule has 1 saturated heterocycles. The number of halogens is 1. The molecule has 0 aromatic heterocycles. The van der Waals surface area contributed by atoms with Crippen LogP contribution in [0.5, 0.6) is 0 Å². The molecule has 102 valence electrons. The van der Waals surface area contributed by atoms with E-state index in [4.69, 9.17) is 6.42 Å². The standard InChI is InChI=1S/C14H16BrNO2S/c1-2-8-16(14-7-9-19(17,18)11-14)10-12-3-5-13(15)6-4-12/h1,3-6,14H,7-11H2. The average molecular weight is 342 g/mol. The van der Waals surface area contributed by atoms with Gasteiger partial charge >= 0.3 is 0 Å². The summed E-state index contributed by atoms with van der Waals surface area (Å²) in [6, 6.07) is 8.06. The van der Waals surface area contributed by atoms with Crippen molar-refractivity contribution in [3.8, 4) is 12.3 Å². The Morgan fingerprint density at radius 1 is 1.37 bits per heavy atom. The molecule has 1 aromatic rings. The zero-order chi connectivity index (χ0) is 13.9. The van der Waals surface area contributed by atoms with Crippen LogP contribution in [-0.4, -0.2) is 37.4 Å². The van der Waals surface area contributed by atoms with E-state index in [1.165, 1.54) is 0 Å². The Morgan fingerprint density at radius 3 is 2.58 bits per heavy atom. The second-order valence-corrected chi connectivity index (χ2v) is 7.94. The average Bonchev–Trinajstić information content (AvgIpc) is 2.72. The summed E-state index contributed by atoms with van der Waals surface area (Å²) in [6.45, 7) is 1.17. The molecule has 0 saturated carbocycles. The minimum atomic E-state index is -2.88. The van der Waals surface area contributed by atoms with E-state index in [0.29, 0.717) is 19.5 Å². The molecule has 19 heavy (non-hydrogen) atoms. The van der Waals surface area contributed by atoms with Crippen LogP contribution in [0.25, 0.3) is 0 Å². The van der Waals surface area contributed by atoms with Crippen LogP contribution in [0.4, 0.5) is 0 Å². The molecule has 1 aliphatic heterocycles. The second kappa shape index (κ2) is 6.08. The number of terminal acetylenes is 1. The van der Waals surface area contributed by atoms with Gasteiger partial charge in [0.05, 0.1) is 18.1 Å². The summed E-state index contributed by atoms with van der Waals surface area (Å²) in [4.78, 5) is 2.08. The Morgan fingerprint density at radius 2 is 2.05 bits per heavy atom. The third kappa shape index (κ3) is 4.07. The van der Waals surface area contributed by atoms with E-state index in [2.05, 4.69) is 26.8 Å². The van der Waals surface area contributed by atoms with Gasteiger partial charge in [-0.1, -0.05) is 34.0 Å². The first-order valence-corrected chi connectivity index (χ1v) is 8.74. The molecule has 0 bridgehead atoms. The molecule has 1 aliphatic rings. The van der Waals surface area contributed by atoms with Crippen molar-refractivity contribution >= 4 is 25.8 Å².